The first kappa shape index (κ1) is 17.5. The second kappa shape index (κ2) is 7.61. The Morgan fingerprint density at radius 3 is 2.77 bits per heavy atom. The number of ether oxygens (including phenoxy) is 3. The van der Waals surface area contributed by atoms with Gasteiger partial charge < -0.3 is 19.9 Å². The van der Waals surface area contributed by atoms with Gasteiger partial charge in [-0.1, -0.05) is 31.5 Å². The molecule has 0 aromatic heterocycles. The van der Waals surface area contributed by atoms with Crippen LogP contribution in [0.1, 0.15) is 31.7 Å². The Balaban J connectivity index is 2.35. The number of primary amides is 1. The summed E-state index contributed by atoms with van der Waals surface area (Å²) in [5, 5.41) is 0. The van der Waals surface area contributed by atoms with Gasteiger partial charge >= 0.3 is 6.09 Å². The highest BCUT2D eigenvalue weighted by Gasteiger charge is 2.57. The van der Waals surface area contributed by atoms with Gasteiger partial charge in [-0.15, -0.1) is 0 Å². The molecule has 122 valence electrons. The summed E-state index contributed by atoms with van der Waals surface area (Å²) in [5.41, 5.74) is 5.76. The zero-order valence-electron chi connectivity index (χ0n) is 12.9. The second-order valence-electron chi connectivity index (χ2n) is 5.49. The summed E-state index contributed by atoms with van der Waals surface area (Å²) in [6.45, 7) is 2.32. The molecule has 0 radical (unpaired) electrons. The number of nitrogens with two attached hydrogens (primary N) is 1. The predicted octanol–water partition coefficient (Wildman–Crippen LogP) is 3.39. The standard InChI is InChI=1S/C16H22INO4/c1-3-8-16(21-10-20-2,11-6-4-5-7-13(11)17)12-9-14(12)22-15(18)19/h4-7,12,14H,3,8-10H2,1-2H3,(H2,18,19)/t12-,14?,16+/m0/s1. The Labute approximate surface area is 144 Å². The molecule has 5 nitrogen and oxygen atoms in total. The molecule has 0 bridgehead atoms. The molecular formula is C16H22INO4. The van der Waals surface area contributed by atoms with Crippen LogP contribution in [0.5, 0.6) is 0 Å². The third-order valence-corrected chi connectivity index (χ3v) is 4.92. The Hall–Kier alpha value is -0.860. The lowest BCUT2D eigenvalue weighted by Crippen LogP contribution is -2.36. The number of rotatable bonds is 8. The van der Waals surface area contributed by atoms with Crippen LogP contribution in [0.2, 0.25) is 0 Å². The van der Waals surface area contributed by atoms with Crippen molar-refractivity contribution in [1.29, 1.82) is 0 Å². The minimum atomic E-state index is -0.729. The van der Waals surface area contributed by atoms with Crippen LogP contribution in [0.25, 0.3) is 0 Å². The number of methoxy groups -OCH3 is 1. The third kappa shape index (κ3) is 3.72. The number of hydrogen-bond acceptors (Lipinski definition) is 4. The first-order chi connectivity index (χ1) is 10.5. The topological polar surface area (TPSA) is 70.8 Å². The van der Waals surface area contributed by atoms with E-state index in [0.29, 0.717) is 0 Å². The lowest BCUT2D eigenvalue weighted by Gasteiger charge is -2.35. The van der Waals surface area contributed by atoms with Gasteiger partial charge in [0.1, 0.15) is 18.5 Å². The van der Waals surface area contributed by atoms with E-state index < -0.39 is 11.7 Å². The fraction of sp³-hybridized carbons (Fsp3) is 0.562. The number of benzene rings is 1. The molecule has 1 unspecified atom stereocenters. The van der Waals surface area contributed by atoms with Crippen molar-refractivity contribution < 1.29 is 19.0 Å². The Bertz CT molecular complexity index is 525. The highest BCUT2D eigenvalue weighted by molar-refractivity contribution is 14.1. The highest BCUT2D eigenvalue weighted by atomic mass is 127. The smallest absolute Gasteiger partial charge is 0.404 e. The maximum atomic E-state index is 11.0. The van der Waals surface area contributed by atoms with Gasteiger partial charge in [-0.2, -0.15) is 0 Å². The van der Waals surface area contributed by atoms with Gasteiger partial charge in [-0.3, -0.25) is 0 Å². The van der Waals surface area contributed by atoms with E-state index in [1.165, 1.54) is 0 Å². The van der Waals surface area contributed by atoms with Crippen molar-refractivity contribution >= 4 is 28.7 Å². The molecule has 0 aliphatic heterocycles. The van der Waals surface area contributed by atoms with Crippen LogP contribution < -0.4 is 5.73 Å². The van der Waals surface area contributed by atoms with Gasteiger partial charge in [0.2, 0.25) is 0 Å². The number of carbonyl (C=O) groups excluding carboxylic acids is 1. The Morgan fingerprint density at radius 2 is 2.18 bits per heavy atom. The van der Waals surface area contributed by atoms with Gasteiger partial charge in [0.05, 0.1) is 0 Å². The van der Waals surface area contributed by atoms with Gasteiger partial charge in [0.15, 0.2) is 0 Å². The fourth-order valence-electron chi connectivity index (χ4n) is 3.06. The van der Waals surface area contributed by atoms with Crippen molar-refractivity contribution in [2.75, 3.05) is 13.9 Å². The molecule has 2 rings (SSSR count). The highest BCUT2D eigenvalue weighted by Crippen LogP contribution is 2.53. The molecule has 1 aliphatic carbocycles. The van der Waals surface area contributed by atoms with E-state index in [1.54, 1.807) is 7.11 Å². The normalized spacial score (nSPS) is 22.9. The van der Waals surface area contributed by atoms with Crippen molar-refractivity contribution in [1.82, 2.24) is 0 Å². The molecular weight excluding hydrogens is 397 g/mol. The van der Waals surface area contributed by atoms with E-state index in [-0.39, 0.29) is 18.8 Å². The third-order valence-electron chi connectivity index (χ3n) is 3.98. The zero-order chi connectivity index (χ0) is 16.2. The first-order valence-corrected chi connectivity index (χ1v) is 8.47. The molecule has 1 fully saturated rings. The molecule has 3 atom stereocenters. The molecule has 2 N–H and O–H groups in total. The number of amides is 1. The predicted molar refractivity (Wildman–Crippen MR) is 91.3 cm³/mol. The molecule has 0 heterocycles. The van der Waals surface area contributed by atoms with Crippen LogP contribution in [-0.2, 0) is 19.8 Å². The van der Waals surface area contributed by atoms with Gasteiger partial charge in [-0.25, -0.2) is 4.79 Å². The van der Waals surface area contributed by atoms with E-state index in [2.05, 4.69) is 41.6 Å². The van der Waals surface area contributed by atoms with Crippen LogP contribution in [0, 0.1) is 9.49 Å². The lowest BCUT2D eigenvalue weighted by atomic mass is 9.84. The molecule has 1 amide bonds. The van der Waals surface area contributed by atoms with Gasteiger partial charge in [-0.05, 0) is 47.1 Å². The fourth-order valence-corrected chi connectivity index (χ4v) is 3.90. The second-order valence-corrected chi connectivity index (χ2v) is 6.65. The van der Waals surface area contributed by atoms with Crippen LogP contribution in [0.4, 0.5) is 4.79 Å². The maximum absolute atomic E-state index is 11.0. The molecule has 1 aromatic carbocycles. The number of halogens is 1. The summed E-state index contributed by atoms with van der Waals surface area (Å²) in [7, 11) is 1.61. The van der Waals surface area contributed by atoms with Crippen LogP contribution >= 0.6 is 22.6 Å². The zero-order valence-corrected chi connectivity index (χ0v) is 15.0. The van der Waals surface area contributed by atoms with Crippen LogP contribution in [0.15, 0.2) is 24.3 Å². The minimum absolute atomic E-state index is 0.103. The quantitative estimate of drug-likeness (QED) is 0.518. The molecule has 22 heavy (non-hydrogen) atoms. The maximum Gasteiger partial charge on any atom is 0.404 e. The van der Waals surface area contributed by atoms with E-state index in [4.69, 9.17) is 19.9 Å². The molecule has 1 aliphatic rings. The SMILES string of the molecule is CCC[C@@](OCOC)(c1ccccc1I)[C@H]1CC1OC(N)=O. The van der Waals surface area contributed by atoms with Crippen LogP contribution in [-0.4, -0.2) is 26.1 Å². The average Bonchev–Trinajstić information content (AvgIpc) is 3.23. The molecule has 0 saturated heterocycles. The minimum Gasteiger partial charge on any atom is -0.446 e. The van der Waals surface area contributed by atoms with Crippen molar-refractivity contribution in [3.05, 3.63) is 33.4 Å². The van der Waals surface area contributed by atoms with E-state index >= 15 is 0 Å². The summed E-state index contributed by atoms with van der Waals surface area (Å²) >= 11 is 2.32. The van der Waals surface area contributed by atoms with E-state index in [0.717, 1.165) is 28.4 Å². The van der Waals surface area contributed by atoms with E-state index in [1.807, 2.05) is 12.1 Å². The van der Waals surface area contributed by atoms with E-state index in [9.17, 15) is 4.79 Å². The van der Waals surface area contributed by atoms with Gasteiger partial charge in [0.25, 0.3) is 0 Å². The monoisotopic (exact) mass is 419 g/mol. The average molecular weight is 419 g/mol. The molecule has 6 heteroatoms. The first-order valence-electron chi connectivity index (χ1n) is 7.39. The Kier molecular flexibility index (Phi) is 6.05. The number of hydrogen-bond donors (Lipinski definition) is 1. The van der Waals surface area contributed by atoms with Gasteiger partial charge in [0, 0.05) is 16.6 Å². The summed E-state index contributed by atoms with van der Waals surface area (Å²) in [6, 6.07) is 8.14. The van der Waals surface area contributed by atoms with Crippen molar-refractivity contribution in [2.24, 2.45) is 11.7 Å². The Morgan fingerprint density at radius 1 is 1.45 bits per heavy atom. The molecule has 0 spiro atoms. The summed E-state index contributed by atoms with van der Waals surface area (Å²) in [4.78, 5) is 11.0. The molecule has 1 aromatic rings. The van der Waals surface area contributed by atoms with Crippen LogP contribution in [0.3, 0.4) is 0 Å². The number of carbonyl (C=O) groups is 1. The summed E-state index contributed by atoms with van der Waals surface area (Å²) < 4.78 is 17.6. The summed E-state index contributed by atoms with van der Waals surface area (Å²) in [6.07, 6.45) is 1.63. The van der Waals surface area contributed by atoms with Crippen molar-refractivity contribution in [3.8, 4) is 0 Å². The van der Waals surface area contributed by atoms with Crippen molar-refractivity contribution in [2.45, 2.75) is 37.9 Å². The largest absolute Gasteiger partial charge is 0.446 e. The lowest BCUT2D eigenvalue weighted by molar-refractivity contribution is -0.155. The summed E-state index contributed by atoms with van der Waals surface area (Å²) in [5.74, 6) is 0.103. The molecule has 1 saturated carbocycles. The van der Waals surface area contributed by atoms with Crippen molar-refractivity contribution in [3.63, 3.8) is 0 Å².